The maximum atomic E-state index is 12.8. The van der Waals surface area contributed by atoms with Gasteiger partial charge in [-0.1, -0.05) is 12.1 Å². The maximum Gasteiger partial charge on any atom is 0.416 e. The van der Waals surface area contributed by atoms with Gasteiger partial charge in [-0.15, -0.1) is 0 Å². The first-order valence-electron chi connectivity index (χ1n) is 7.80. The lowest BCUT2D eigenvalue weighted by atomic mass is 10.1. The van der Waals surface area contributed by atoms with Crippen LogP contribution in [-0.4, -0.2) is 37.1 Å². The Hall–Kier alpha value is -3.10. The topological polar surface area (TPSA) is 77.5 Å². The van der Waals surface area contributed by atoms with Crippen LogP contribution in [0.3, 0.4) is 0 Å². The predicted octanol–water partition coefficient (Wildman–Crippen LogP) is 2.62. The van der Waals surface area contributed by atoms with Gasteiger partial charge in [0.15, 0.2) is 0 Å². The predicted molar refractivity (Wildman–Crippen MR) is 89.2 cm³/mol. The summed E-state index contributed by atoms with van der Waals surface area (Å²) in [5.41, 5.74) is -0.657. The second-order valence-corrected chi connectivity index (χ2v) is 5.50. The van der Waals surface area contributed by atoms with Crippen molar-refractivity contribution in [2.45, 2.75) is 18.6 Å². The number of amides is 1. The molecule has 1 heterocycles. The molecule has 27 heavy (non-hydrogen) atoms. The third-order valence-corrected chi connectivity index (χ3v) is 3.71. The monoisotopic (exact) mass is 382 g/mol. The smallest absolute Gasteiger partial charge is 0.416 e. The lowest BCUT2D eigenvalue weighted by Crippen LogP contribution is -2.43. The number of carbonyl (C=O) groups is 2. The number of pyridine rings is 1. The summed E-state index contributed by atoms with van der Waals surface area (Å²) in [7, 11) is 2.55. The molecule has 0 aliphatic heterocycles. The van der Waals surface area contributed by atoms with Crippen LogP contribution in [0, 0.1) is 0 Å². The summed E-state index contributed by atoms with van der Waals surface area (Å²) in [6, 6.07) is 6.07. The van der Waals surface area contributed by atoms with Crippen molar-refractivity contribution in [3.63, 3.8) is 0 Å². The Balaban J connectivity index is 2.23. The molecule has 1 atom stereocenters. The number of carbonyl (C=O) groups excluding carboxylic acids is 2. The van der Waals surface area contributed by atoms with Crippen LogP contribution in [0.2, 0.25) is 0 Å². The number of aromatic nitrogens is 1. The van der Waals surface area contributed by atoms with Gasteiger partial charge in [0.1, 0.15) is 6.04 Å². The zero-order valence-electron chi connectivity index (χ0n) is 14.5. The average Bonchev–Trinajstić information content (AvgIpc) is 2.66. The van der Waals surface area contributed by atoms with E-state index in [9.17, 15) is 22.8 Å². The first-order valence-corrected chi connectivity index (χ1v) is 7.80. The van der Waals surface area contributed by atoms with E-state index < -0.39 is 29.7 Å². The van der Waals surface area contributed by atoms with Crippen molar-refractivity contribution in [1.29, 1.82) is 0 Å². The largest absolute Gasteiger partial charge is 0.481 e. The fourth-order valence-corrected chi connectivity index (χ4v) is 2.40. The second-order valence-electron chi connectivity index (χ2n) is 5.50. The van der Waals surface area contributed by atoms with Crippen molar-refractivity contribution in [2.24, 2.45) is 0 Å². The number of benzene rings is 1. The van der Waals surface area contributed by atoms with Gasteiger partial charge >= 0.3 is 12.1 Å². The fraction of sp³-hybridized carbons (Fsp3) is 0.278. The van der Waals surface area contributed by atoms with Gasteiger partial charge in [0.05, 0.1) is 19.8 Å². The summed E-state index contributed by atoms with van der Waals surface area (Å²) < 4.78 is 48.2. The summed E-state index contributed by atoms with van der Waals surface area (Å²) >= 11 is 0. The van der Waals surface area contributed by atoms with Gasteiger partial charge in [-0.25, -0.2) is 9.78 Å². The van der Waals surface area contributed by atoms with Crippen LogP contribution < -0.4 is 10.1 Å². The number of rotatable bonds is 6. The van der Waals surface area contributed by atoms with Crippen LogP contribution in [0.1, 0.15) is 21.5 Å². The lowest BCUT2D eigenvalue weighted by molar-refractivity contribution is -0.143. The molecule has 0 aliphatic rings. The minimum Gasteiger partial charge on any atom is -0.481 e. The number of nitrogens with one attached hydrogen (secondary N) is 1. The molecule has 2 aromatic rings. The number of ether oxygens (including phenoxy) is 2. The molecule has 9 heteroatoms. The van der Waals surface area contributed by atoms with E-state index in [2.05, 4.69) is 15.0 Å². The molecule has 1 amide bonds. The summed E-state index contributed by atoms with van der Waals surface area (Å²) in [4.78, 5) is 28.4. The molecule has 1 aromatic heterocycles. The Kier molecular flexibility index (Phi) is 6.38. The van der Waals surface area contributed by atoms with Crippen molar-refractivity contribution >= 4 is 11.9 Å². The summed E-state index contributed by atoms with van der Waals surface area (Å²) in [6.07, 6.45) is -3.09. The Morgan fingerprint density at radius 1 is 1.19 bits per heavy atom. The number of alkyl halides is 3. The maximum absolute atomic E-state index is 12.8. The minimum atomic E-state index is -4.58. The Bertz CT molecular complexity index is 824. The summed E-state index contributed by atoms with van der Waals surface area (Å²) in [6.45, 7) is 0. The Labute approximate surface area is 153 Å². The van der Waals surface area contributed by atoms with Gasteiger partial charge in [0, 0.05) is 23.7 Å². The molecule has 0 radical (unpaired) electrons. The van der Waals surface area contributed by atoms with Crippen LogP contribution in [0.15, 0.2) is 42.6 Å². The third-order valence-electron chi connectivity index (χ3n) is 3.71. The van der Waals surface area contributed by atoms with E-state index >= 15 is 0 Å². The highest BCUT2D eigenvalue weighted by Gasteiger charge is 2.31. The summed E-state index contributed by atoms with van der Waals surface area (Å²) in [5.74, 6) is -1.32. The van der Waals surface area contributed by atoms with E-state index in [0.717, 1.165) is 19.2 Å². The van der Waals surface area contributed by atoms with E-state index in [1.807, 2.05) is 0 Å². The molecule has 2 rings (SSSR count). The molecular weight excluding hydrogens is 365 g/mol. The molecular formula is C18H17F3N2O4. The zero-order valence-corrected chi connectivity index (χ0v) is 14.5. The Morgan fingerprint density at radius 3 is 2.56 bits per heavy atom. The standard InChI is InChI=1S/C18H17F3N2O4/c1-26-16-12(6-4-8-22-16)10-14(17(25)27-2)23-15(24)11-5-3-7-13(9-11)18(19,20)21/h3-9,14H,10H2,1-2H3,(H,23,24)/t14-/m1/s1. The van der Waals surface area contributed by atoms with Gasteiger partial charge in [-0.05, 0) is 24.3 Å². The molecule has 0 unspecified atom stereocenters. The molecule has 144 valence electrons. The second kappa shape index (κ2) is 8.52. The van der Waals surface area contributed by atoms with Gasteiger partial charge < -0.3 is 14.8 Å². The van der Waals surface area contributed by atoms with Crippen molar-refractivity contribution in [3.8, 4) is 5.88 Å². The molecule has 1 aromatic carbocycles. The van der Waals surface area contributed by atoms with Gasteiger partial charge in [-0.2, -0.15) is 13.2 Å². The lowest BCUT2D eigenvalue weighted by Gasteiger charge is -2.18. The first-order chi connectivity index (χ1) is 12.8. The highest BCUT2D eigenvalue weighted by atomic mass is 19.4. The van der Waals surface area contributed by atoms with Crippen molar-refractivity contribution in [2.75, 3.05) is 14.2 Å². The van der Waals surface area contributed by atoms with Crippen LogP contribution in [0.25, 0.3) is 0 Å². The SMILES string of the molecule is COC(=O)[C@@H](Cc1cccnc1OC)NC(=O)c1cccc(C(F)(F)F)c1. The zero-order chi connectivity index (χ0) is 20.0. The molecule has 1 N–H and O–H groups in total. The molecule has 0 spiro atoms. The van der Waals surface area contributed by atoms with Crippen molar-refractivity contribution in [1.82, 2.24) is 10.3 Å². The quantitative estimate of drug-likeness (QED) is 0.778. The third kappa shape index (κ3) is 5.19. The van der Waals surface area contributed by atoms with Gasteiger partial charge in [0.2, 0.25) is 5.88 Å². The molecule has 6 nitrogen and oxygen atoms in total. The van der Waals surface area contributed by atoms with Gasteiger partial charge in [0.25, 0.3) is 5.91 Å². The molecule has 0 aliphatic carbocycles. The molecule has 0 fully saturated rings. The highest BCUT2D eigenvalue weighted by Crippen LogP contribution is 2.29. The van der Waals surface area contributed by atoms with Crippen LogP contribution in [-0.2, 0) is 22.1 Å². The first kappa shape index (κ1) is 20.2. The molecule has 0 saturated heterocycles. The minimum absolute atomic E-state index is 0.00557. The van der Waals surface area contributed by atoms with E-state index in [1.54, 1.807) is 12.1 Å². The Morgan fingerprint density at radius 2 is 1.93 bits per heavy atom. The number of halogens is 3. The highest BCUT2D eigenvalue weighted by molar-refractivity contribution is 5.97. The van der Waals surface area contributed by atoms with Crippen LogP contribution in [0.4, 0.5) is 13.2 Å². The van der Waals surface area contributed by atoms with Crippen molar-refractivity contribution in [3.05, 3.63) is 59.3 Å². The number of hydrogen-bond donors (Lipinski definition) is 1. The van der Waals surface area contributed by atoms with E-state index in [-0.39, 0.29) is 17.9 Å². The number of esters is 1. The van der Waals surface area contributed by atoms with Crippen molar-refractivity contribution < 1.29 is 32.2 Å². The average molecular weight is 382 g/mol. The summed E-state index contributed by atoms with van der Waals surface area (Å²) in [5, 5.41) is 2.40. The van der Waals surface area contributed by atoms with Crippen LogP contribution in [0.5, 0.6) is 5.88 Å². The normalized spacial score (nSPS) is 12.2. The van der Waals surface area contributed by atoms with E-state index in [0.29, 0.717) is 11.6 Å². The molecule has 0 bridgehead atoms. The molecule has 0 saturated carbocycles. The fourth-order valence-electron chi connectivity index (χ4n) is 2.40. The van der Waals surface area contributed by atoms with Gasteiger partial charge in [-0.3, -0.25) is 4.79 Å². The number of hydrogen-bond acceptors (Lipinski definition) is 5. The number of nitrogens with zero attached hydrogens (tertiary/aromatic N) is 1. The van der Waals surface area contributed by atoms with E-state index in [4.69, 9.17) is 4.74 Å². The van der Waals surface area contributed by atoms with Crippen LogP contribution >= 0.6 is 0 Å². The number of methoxy groups -OCH3 is 2. The van der Waals surface area contributed by atoms with E-state index in [1.165, 1.54) is 19.4 Å².